The number of likely N-dealkylation sites (N-methyl/N-ethyl adjacent to an activating group) is 1. The number of hydrogen-bond donors (Lipinski definition) is 1. The molecule has 0 radical (unpaired) electrons. The molecule has 1 fully saturated rings. The minimum Gasteiger partial charge on any atom is -0.316 e. The topological polar surface area (TPSA) is 12.0 Å². The summed E-state index contributed by atoms with van der Waals surface area (Å²) in [5.41, 5.74) is 4.75. The van der Waals surface area contributed by atoms with Crippen molar-refractivity contribution >= 4 is 0 Å². The molecule has 18 heavy (non-hydrogen) atoms. The Bertz CT molecular complexity index is 382. The molecule has 1 nitrogen and oxygen atoms in total. The van der Waals surface area contributed by atoms with Crippen LogP contribution in [0.1, 0.15) is 49.3 Å². The van der Waals surface area contributed by atoms with E-state index < -0.39 is 0 Å². The quantitative estimate of drug-likeness (QED) is 0.845. The lowest BCUT2D eigenvalue weighted by Gasteiger charge is -2.34. The average molecular weight is 245 g/mol. The van der Waals surface area contributed by atoms with E-state index in [4.69, 9.17) is 0 Å². The van der Waals surface area contributed by atoms with Crippen LogP contribution in [0.25, 0.3) is 0 Å². The van der Waals surface area contributed by atoms with E-state index in [1.807, 2.05) is 0 Å². The molecule has 1 N–H and O–H groups in total. The standard InChI is InChI=1S/C17H27N/c1-13-9-14(2)11-15(10-13)12-16(18-4)17(3)7-5-6-8-17/h9-11,16,18H,5-8,12H2,1-4H3. The molecule has 1 aromatic rings. The van der Waals surface area contributed by atoms with Crippen molar-refractivity contribution < 1.29 is 0 Å². The lowest BCUT2D eigenvalue weighted by Crippen LogP contribution is -2.41. The van der Waals surface area contributed by atoms with E-state index in [0.29, 0.717) is 11.5 Å². The number of hydrogen-bond acceptors (Lipinski definition) is 1. The summed E-state index contributed by atoms with van der Waals surface area (Å²) in [6, 6.07) is 7.56. The van der Waals surface area contributed by atoms with Crippen molar-refractivity contribution in [1.29, 1.82) is 0 Å². The Morgan fingerprint density at radius 3 is 2.17 bits per heavy atom. The van der Waals surface area contributed by atoms with Crippen LogP contribution in [0.15, 0.2) is 18.2 Å². The Kier molecular flexibility index (Phi) is 4.11. The molecule has 2 rings (SSSR count). The maximum atomic E-state index is 3.57. The Labute approximate surface area is 112 Å². The molecule has 0 saturated heterocycles. The molecule has 1 heteroatoms. The zero-order valence-corrected chi connectivity index (χ0v) is 12.3. The second kappa shape index (κ2) is 5.44. The van der Waals surface area contributed by atoms with Crippen molar-refractivity contribution in [3.63, 3.8) is 0 Å². The first-order valence-corrected chi connectivity index (χ1v) is 7.28. The van der Waals surface area contributed by atoms with E-state index in [1.54, 1.807) is 0 Å². The van der Waals surface area contributed by atoms with E-state index >= 15 is 0 Å². The van der Waals surface area contributed by atoms with Crippen LogP contribution in [0.5, 0.6) is 0 Å². The molecule has 0 bridgehead atoms. The van der Waals surface area contributed by atoms with Gasteiger partial charge in [-0.2, -0.15) is 0 Å². The van der Waals surface area contributed by atoms with Gasteiger partial charge >= 0.3 is 0 Å². The number of aryl methyl sites for hydroxylation is 2. The second-order valence-electron chi connectivity index (χ2n) is 6.40. The van der Waals surface area contributed by atoms with Crippen LogP contribution in [0.2, 0.25) is 0 Å². The summed E-state index contributed by atoms with van der Waals surface area (Å²) >= 11 is 0. The SMILES string of the molecule is CNC(Cc1cc(C)cc(C)c1)C1(C)CCCC1. The van der Waals surface area contributed by atoms with Gasteiger partial charge in [-0.3, -0.25) is 0 Å². The molecular weight excluding hydrogens is 218 g/mol. The van der Waals surface area contributed by atoms with E-state index in [1.165, 1.54) is 42.4 Å². The van der Waals surface area contributed by atoms with Gasteiger partial charge in [0.2, 0.25) is 0 Å². The fourth-order valence-electron chi connectivity index (χ4n) is 3.65. The highest BCUT2D eigenvalue weighted by Gasteiger charge is 2.35. The predicted octanol–water partition coefficient (Wildman–Crippen LogP) is 4.01. The Morgan fingerprint density at radius 1 is 1.11 bits per heavy atom. The van der Waals surface area contributed by atoms with Gasteiger partial charge < -0.3 is 5.32 Å². The fraction of sp³-hybridized carbons (Fsp3) is 0.647. The summed E-state index contributed by atoms with van der Waals surface area (Å²) < 4.78 is 0. The van der Waals surface area contributed by atoms with Gasteiger partial charge in [-0.1, -0.05) is 49.1 Å². The first-order chi connectivity index (χ1) is 8.53. The highest BCUT2D eigenvalue weighted by molar-refractivity contribution is 5.29. The highest BCUT2D eigenvalue weighted by Crippen LogP contribution is 2.41. The molecule has 1 aliphatic carbocycles. The monoisotopic (exact) mass is 245 g/mol. The summed E-state index contributed by atoms with van der Waals surface area (Å²) in [6.07, 6.45) is 6.73. The van der Waals surface area contributed by atoms with Gasteiger partial charge in [-0.25, -0.2) is 0 Å². The van der Waals surface area contributed by atoms with E-state index in [9.17, 15) is 0 Å². The zero-order valence-electron chi connectivity index (χ0n) is 12.3. The summed E-state index contributed by atoms with van der Waals surface area (Å²) in [5.74, 6) is 0. The van der Waals surface area contributed by atoms with E-state index in [0.717, 1.165) is 6.42 Å². The van der Waals surface area contributed by atoms with Crippen molar-refractivity contribution in [2.75, 3.05) is 7.05 Å². The van der Waals surface area contributed by atoms with Crippen LogP contribution < -0.4 is 5.32 Å². The van der Waals surface area contributed by atoms with Crippen LogP contribution >= 0.6 is 0 Å². The third kappa shape index (κ3) is 2.95. The van der Waals surface area contributed by atoms with Crippen molar-refractivity contribution in [3.8, 4) is 0 Å². The second-order valence-corrected chi connectivity index (χ2v) is 6.40. The molecule has 1 saturated carbocycles. The maximum Gasteiger partial charge on any atom is 0.0158 e. The maximum absolute atomic E-state index is 3.57. The van der Waals surface area contributed by atoms with Gasteiger partial charge in [0.25, 0.3) is 0 Å². The van der Waals surface area contributed by atoms with Crippen LogP contribution in [-0.4, -0.2) is 13.1 Å². The Hall–Kier alpha value is -0.820. The van der Waals surface area contributed by atoms with Gasteiger partial charge in [0.15, 0.2) is 0 Å². The lowest BCUT2D eigenvalue weighted by atomic mass is 9.77. The van der Waals surface area contributed by atoms with Gasteiger partial charge in [-0.15, -0.1) is 0 Å². The predicted molar refractivity (Wildman–Crippen MR) is 79.0 cm³/mol. The molecule has 0 aliphatic heterocycles. The van der Waals surface area contributed by atoms with Gasteiger partial charge in [0.1, 0.15) is 0 Å². The summed E-state index contributed by atoms with van der Waals surface area (Å²) in [4.78, 5) is 0. The summed E-state index contributed by atoms with van der Waals surface area (Å²) in [6.45, 7) is 6.86. The van der Waals surface area contributed by atoms with Crippen LogP contribution in [0, 0.1) is 19.3 Å². The van der Waals surface area contributed by atoms with Crippen LogP contribution in [0.3, 0.4) is 0 Å². The lowest BCUT2D eigenvalue weighted by molar-refractivity contribution is 0.229. The summed E-state index contributed by atoms with van der Waals surface area (Å²) in [7, 11) is 2.12. The molecule has 0 heterocycles. The third-order valence-electron chi connectivity index (χ3n) is 4.66. The summed E-state index contributed by atoms with van der Waals surface area (Å²) in [5, 5.41) is 3.57. The minimum absolute atomic E-state index is 0.492. The van der Waals surface area contributed by atoms with Crippen molar-refractivity contribution in [1.82, 2.24) is 5.32 Å². The molecule has 0 spiro atoms. The first-order valence-electron chi connectivity index (χ1n) is 7.28. The fourth-order valence-corrected chi connectivity index (χ4v) is 3.65. The highest BCUT2D eigenvalue weighted by atomic mass is 14.9. The smallest absolute Gasteiger partial charge is 0.0158 e. The first kappa shape index (κ1) is 13.6. The normalized spacial score (nSPS) is 20.0. The average Bonchev–Trinajstić information content (AvgIpc) is 2.72. The van der Waals surface area contributed by atoms with Gasteiger partial charge in [-0.05, 0) is 51.1 Å². The van der Waals surface area contributed by atoms with Crippen LogP contribution in [0.4, 0.5) is 0 Å². The van der Waals surface area contributed by atoms with Crippen LogP contribution in [-0.2, 0) is 6.42 Å². The number of benzene rings is 1. The zero-order chi connectivity index (χ0) is 13.2. The van der Waals surface area contributed by atoms with Crippen molar-refractivity contribution in [2.45, 2.75) is 58.9 Å². The molecule has 100 valence electrons. The minimum atomic E-state index is 0.492. The van der Waals surface area contributed by atoms with Gasteiger partial charge in [0, 0.05) is 6.04 Å². The molecule has 0 aromatic heterocycles. The van der Waals surface area contributed by atoms with E-state index in [-0.39, 0.29) is 0 Å². The van der Waals surface area contributed by atoms with Gasteiger partial charge in [0.05, 0.1) is 0 Å². The van der Waals surface area contributed by atoms with E-state index in [2.05, 4.69) is 51.3 Å². The number of nitrogens with one attached hydrogen (secondary N) is 1. The molecule has 1 aliphatic rings. The molecular formula is C17H27N. The molecule has 1 aromatic carbocycles. The van der Waals surface area contributed by atoms with Crippen molar-refractivity contribution in [2.24, 2.45) is 5.41 Å². The Balaban J connectivity index is 2.14. The molecule has 1 unspecified atom stereocenters. The molecule has 0 amide bonds. The number of rotatable bonds is 4. The molecule has 1 atom stereocenters. The largest absolute Gasteiger partial charge is 0.316 e. The van der Waals surface area contributed by atoms with Crippen molar-refractivity contribution in [3.05, 3.63) is 34.9 Å². The third-order valence-corrected chi connectivity index (χ3v) is 4.66. The Morgan fingerprint density at radius 2 is 1.67 bits per heavy atom.